The third-order valence-electron chi connectivity index (χ3n) is 2.44. The van der Waals surface area contributed by atoms with Gasteiger partial charge in [-0.15, -0.1) is 0 Å². The molecule has 0 unspecified atom stereocenters. The maximum atomic E-state index is 12.0. The van der Waals surface area contributed by atoms with Crippen molar-refractivity contribution >= 4 is 5.69 Å². The van der Waals surface area contributed by atoms with Crippen molar-refractivity contribution < 1.29 is 22.8 Å². The normalized spacial score (nSPS) is 11.4. The molecule has 0 bridgehead atoms. The fourth-order valence-corrected chi connectivity index (χ4v) is 1.48. The highest BCUT2D eigenvalue weighted by Gasteiger charge is 2.27. The van der Waals surface area contributed by atoms with Gasteiger partial charge in [0.15, 0.2) is 5.75 Å². The number of hydrogen-bond donors (Lipinski definition) is 1. The molecule has 0 spiro atoms. The standard InChI is InChI=1S/C12H15F3N2O3/c1-2-16-8-9-3-4-10(17(18)19)11(7-9)20-6-5-12(13,14)15/h3-4,7,16H,2,5-6,8H2,1H3. The Kier molecular flexibility index (Phi) is 5.75. The van der Waals surface area contributed by atoms with E-state index in [4.69, 9.17) is 4.74 Å². The molecule has 0 fully saturated rings. The minimum atomic E-state index is -4.35. The highest BCUT2D eigenvalue weighted by Crippen LogP contribution is 2.29. The number of nitrogens with zero attached hydrogens (tertiary/aromatic N) is 1. The maximum absolute atomic E-state index is 12.0. The monoisotopic (exact) mass is 292 g/mol. The third kappa shape index (κ3) is 5.43. The first kappa shape index (κ1) is 16.2. The third-order valence-corrected chi connectivity index (χ3v) is 2.44. The van der Waals surface area contributed by atoms with E-state index < -0.39 is 24.1 Å². The Bertz CT molecular complexity index is 464. The lowest BCUT2D eigenvalue weighted by molar-refractivity contribution is -0.385. The van der Waals surface area contributed by atoms with Gasteiger partial charge in [-0.1, -0.05) is 13.0 Å². The molecule has 1 aromatic carbocycles. The summed E-state index contributed by atoms with van der Waals surface area (Å²) in [6.07, 6.45) is -5.50. The van der Waals surface area contributed by atoms with Gasteiger partial charge in [0.1, 0.15) is 0 Å². The van der Waals surface area contributed by atoms with Gasteiger partial charge in [-0.25, -0.2) is 0 Å². The van der Waals surface area contributed by atoms with E-state index in [0.717, 1.165) is 0 Å². The van der Waals surface area contributed by atoms with E-state index in [0.29, 0.717) is 18.7 Å². The Morgan fingerprint density at radius 3 is 2.65 bits per heavy atom. The topological polar surface area (TPSA) is 64.4 Å². The van der Waals surface area contributed by atoms with Crippen molar-refractivity contribution in [1.29, 1.82) is 0 Å². The van der Waals surface area contributed by atoms with Crippen molar-refractivity contribution in [1.82, 2.24) is 5.32 Å². The van der Waals surface area contributed by atoms with Crippen LogP contribution < -0.4 is 10.1 Å². The number of nitrogens with one attached hydrogen (secondary N) is 1. The lowest BCUT2D eigenvalue weighted by Crippen LogP contribution is -2.14. The molecule has 20 heavy (non-hydrogen) atoms. The van der Waals surface area contributed by atoms with E-state index in [-0.39, 0.29) is 11.4 Å². The number of alkyl halides is 3. The SMILES string of the molecule is CCNCc1ccc([N+](=O)[O-])c(OCCC(F)(F)F)c1. The van der Waals surface area contributed by atoms with Crippen molar-refractivity contribution in [2.75, 3.05) is 13.2 Å². The Labute approximate surface area is 113 Å². The van der Waals surface area contributed by atoms with Crippen LogP contribution in [0, 0.1) is 10.1 Å². The van der Waals surface area contributed by atoms with E-state index in [9.17, 15) is 23.3 Å². The quantitative estimate of drug-likeness (QED) is 0.619. The second kappa shape index (κ2) is 7.09. The van der Waals surface area contributed by atoms with Crippen LogP contribution in [-0.4, -0.2) is 24.3 Å². The van der Waals surface area contributed by atoms with Gasteiger partial charge in [0.25, 0.3) is 0 Å². The van der Waals surface area contributed by atoms with Crippen LogP contribution in [0.25, 0.3) is 0 Å². The lowest BCUT2D eigenvalue weighted by Gasteiger charge is -2.10. The van der Waals surface area contributed by atoms with E-state index >= 15 is 0 Å². The minimum Gasteiger partial charge on any atom is -0.486 e. The first-order valence-electron chi connectivity index (χ1n) is 6.01. The lowest BCUT2D eigenvalue weighted by atomic mass is 10.2. The summed E-state index contributed by atoms with van der Waals surface area (Å²) >= 11 is 0. The highest BCUT2D eigenvalue weighted by atomic mass is 19.4. The fraction of sp³-hybridized carbons (Fsp3) is 0.500. The summed E-state index contributed by atoms with van der Waals surface area (Å²) in [4.78, 5) is 10.1. The molecule has 0 amide bonds. The number of ether oxygens (including phenoxy) is 1. The van der Waals surface area contributed by atoms with Gasteiger partial charge in [0.05, 0.1) is 18.0 Å². The molecule has 0 saturated heterocycles. The first-order chi connectivity index (χ1) is 9.33. The summed E-state index contributed by atoms with van der Waals surface area (Å²) in [7, 11) is 0. The van der Waals surface area contributed by atoms with Gasteiger partial charge in [-0.05, 0) is 18.2 Å². The predicted octanol–water partition coefficient (Wildman–Crippen LogP) is 3.04. The second-order valence-corrected chi connectivity index (χ2v) is 4.05. The molecule has 1 rings (SSSR count). The van der Waals surface area contributed by atoms with Crippen molar-refractivity contribution in [3.63, 3.8) is 0 Å². The molecule has 0 aromatic heterocycles. The van der Waals surface area contributed by atoms with Crippen LogP contribution in [0.1, 0.15) is 18.9 Å². The molecular weight excluding hydrogens is 277 g/mol. The second-order valence-electron chi connectivity index (χ2n) is 4.05. The van der Waals surface area contributed by atoms with Gasteiger partial charge in [0, 0.05) is 12.6 Å². The molecule has 0 saturated carbocycles. The molecule has 1 N–H and O–H groups in total. The number of rotatable bonds is 7. The van der Waals surface area contributed by atoms with Crippen LogP contribution in [0.4, 0.5) is 18.9 Å². The molecule has 1 aromatic rings. The van der Waals surface area contributed by atoms with Gasteiger partial charge in [-0.2, -0.15) is 13.2 Å². The van der Waals surface area contributed by atoms with Crippen molar-refractivity contribution in [2.24, 2.45) is 0 Å². The average molecular weight is 292 g/mol. The number of benzene rings is 1. The first-order valence-corrected chi connectivity index (χ1v) is 6.01. The molecule has 112 valence electrons. The van der Waals surface area contributed by atoms with Crippen molar-refractivity contribution in [2.45, 2.75) is 26.1 Å². The maximum Gasteiger partial charge on any atom is 0.392 e. The molecule has 8 heteroatoms. The zero-order valence-electron chi connectivity index (χ0n) is 10.9. The number of nitro benzene ring substituents is 1. The van der Waals surface area contributed by atoms with Crippen LogP contribution in [-0.2, 0) is 6.54 Å². The molecule has 0 radical (unpaired) electrons. The smallest absolute Gasteiger partial charge is 0.392 e. The van der Waals surface area contributed by atoms with Crippen LogP contribution in [0.5, 0.6) is 5.75 Å². The van der Waals surface area contributed by atoms with Crippen molar-refractivity contribution in [3.05, 3.63) is 33.9 Å². The van der Waals surface area contributed by atoms with E-state index in [1.165, 1.54) is 18.2 Å². The van der Waals surface area contributed by atoms with Gasteiger partial charge in [-0.3, -0.25) is 10.1 Å². The number of halogens is 3. The summed E-state index contributed by atoms with van der Waals surface area (Å²) in [6, 6.07) is 4.16. The summed E-state index contributed by atoms with van der Waals surface area (Å²) in [5, 5.41) is 13.8. The predicted molar refractivity (Wildman–Crippen MR) is 66.6 cm³/mol. The molecule has 0 heterocycles. The summed E-state index contributed by atoms with van der Waals surface area (Å²) in [5.74, 6) is -0.144. The number of hydrogen-bond acceptors (Lipinski definition) is 4. The Hall–Kier alpha value is -1.83. The van der Waals surface area contributed by atoms with Gasteiger partial charge >= 0.3 is 11.9 Å². The Balaban J connectivity index is 2.80. The van der Waals surface area contributed by atoms with Crippen LogP contribution in [0.3, 0.4) is 0 Å². The van der Waals surface area contributed by atoms with Gasteiger partial charge < -0.3 is 10.1 Å². The van der Waals surface area contributed by atoms with E-state index in [2.05, 4.69) is 5.32 Å². The van der Waals surface area contributed by atoms with E-state index in [1.54, 1.807) is 0 Å². The van der Waals surface area contributed by atoms with Gasteiger partial charge in [0.2, 0.25) is 0 Å². The number of nitro groups is 1. The Morgan fingerprint density at radius 1 is 1.40 bits per heavy atom. The van der Waals surface area contributed by atoms with Crippen LogP contribution in [0.15, 0.2) is 18.2 Å². The summed E-state index contributed by atoms with van der Waals surface area (Å²) in [6.45, 7) is 2.42. The fourth-order valence-electron chi connectivity index (χ4n) is 1.48. The summed E-state index contributed by atoms with van der Waals surface area (Å²) in [5.41, 5.74) is 0.367. The molecule has 0 atom stereocenters. The largest absolute Gasteiger partial charge is 0.486 e. The van der Waals surface area contributed by atoms with Crippen molar-refractivity contribution in [3.8, 4) is 5.75 Å². The van der Waals surface area contributed by atoms with Crippen LogP contribution >= 0.6 is 0 Å². The highest BCUT2D eigenvalue weighted by molar-refractivity contribution is 5.48. The molecule has 0 aliphatic rings. The Morgan fingerprint density at radius 2 is 2.10 bits per heavy atom. The van der Waals surface area contributed by atoms with Crippen LogP contribution in [0.2, 0.25) is 0 Å². The molecule has 0 aliphatic carbocycles. The summed E-state index contributed by atoms with van der Waals surface area (Å²) < 4.78 is 41.0. The molecular formula is C12H15F3N2O3. The minimum absolute atomic E-state index is 0.144. The molecule has 0 aliphatic heterocycles. The molecule has 5 nitrogen and oxygen atoms in total. The average Bonchev–Trinajstić information content (AvgIpc) is 2.34. The van der Waals surface area contributed by atoms with E-state index in [1.807, 2.05) is 6.92 Å². The zero-order valence-corrected chi connectivity index (χ0v) is 10.9. The zero-order chi connectivity index (χ0) is 15.2.